The lowest BCUT2D eigenvalue weighted by molar-refractivity contribution is -0.129. The van der Waals surface area contributed by atoms with E-state index in [0.717, 1.165) is 43.7 Å². The molecule has 6 heteroatoms. The van der Waals surface area contributed by atoms with Crippen molar-refractivity contribution in [2.75, 3.05) is 18.8 Å². The summed E-state index contributed by atoms with van der Waals surface area (Å²) in [5.41, 5.74) is 0. The third-order valence-electron chi connectivity index (χ3n) is 5.23. The predicted octanol–water partition coefficient (Wildman–Crippen LogP) is 3.40. The molecule has 1 heterocycles. The van der Waals surface area contributed by atoms with E-state index < -0.39 is 0 Å². The van der Waals surface area contributed by atoms with Gasteiger partial charge in [0.2, 0.25) is 5.91 Å². The average Bonchev–Trinajstić information content (AvgIpc) is 2.68. The number of rotatable bonds is 5. The van der Waals surface area contributed by atoms with E-state index >= 15 is 0 Å². The number of likely N-dealkylation sites (tertiary alicyclic amines) is 1. The maximum absolute atomic E-state index is 12.4. The monoisotopic (exact) mass is 375 g/mol. The highest BCUT2D eigenvalue weighted by atomic mass is 32.2. The van der Waals surface area contributed by atoms with Crippen molar-refractivity contribution in [3.05, 3.63) is 30.3 Å². The number of hydrogen-bond donors (Lipinski definition) is 2. The summed E-state index contributed by atoms with van der Waals surface area (Å²) in [6.45, 7) is 1.45. The zero-order valence-electron chi connectivity index (χ0n) is 15.3. The summed E-state index contributed by atoms with van der Waals surface area (Å²) in [5, 5.41) is 6.19. The van der Waals surface area contributed by atoms with E-state index in [9.17, 15) is 9.59 Å². The molecule has 0 unspecified atom stereocenters. The minimum Gasteiger partial charge on any atom is -0.342 e. The van der Waals surface area contributed by atoms with Gasteiger partial charge in [-0.1, -0.05) is 37.5 Å². The lowest BCUT2D eigenvalue weighted by Gasteiger charge is -2.33. The fourth-order valence-corrected chi connectivity index (χ4v) is 4.51. The molecule has 0 radical (unpaired) electrons. The van der Waals surface area contributed by atoms with Crippen LogP contribution in [0.1, 0.15) is 44.9 Å². The summed E-state index contributed by atoms with van der Waals surface area (Å²) in [5.74, 6) is 0.661. The van der Waals surface area contributed by atoms with Crippen molar-refractivity contribution in [1.29, 1.82) is 0 Å². The number of thioether (sulfide) groups is 1. The molecule has 1 aliphatic carbocycles. The van der Waals surface area contributed by atoms with Gasteiger partial charge < -0.3 is 15.5 Å². The second-order valence-corrected chi connectivity index (χ2v) is 8.26. The van der Waals surface area contributed by atoms with Gasteiger partial charge in [0.15, 0.2) is 0 Å². The summed E-state index contributed by atoms with van der Waals surface area (Å²) in [4.78, 5) is 27.6. The number of piperidine rings is 1. The summed E-state index contributed by atoms with van der Waals surface area (Å²) >= 11 is 1.58. The van der Waals surface area contributed by atoms with E-state index in [1.165, 1.54) is 19.3 Å². The Morgan fingerprint density at radius 1 is 0.923 bits per heavy atom. The Balaban J connectivity index is 1.34. The quantitative estimate of drug-likeness (QED) is 0.776. The highest BCUT2D eigenvalue weighted by Gasteiger charge is 2.24. The highest BCUT2D eigenvalue weighted by Crippen LogP contribution is 2.19. The molecule has 0 spiro atoms. The molecule has 2 aliphatic rings. The van der Waals surface area contributed by atoms with Gasteiger partial charge >= 0.3 is 6.03 Å². The van der Waals surface area contributed by atoms with E-state index in [4.69, 9.17) is 0 Å². The van der Waals surface area contributed by atoms with Crippen LogP contribution in [0.15, 0.2) is 35.2 Å². The van der Waals surface area contributed by atoms with Gasteiger partial charge in [-0.3, -0.25) is 4.79 Å². The molecule has 1 aliphatic heterocycles. The lowest BCUT2D eigenvalue weighted by Crippen LogP contribution is -2.51. The highest BCUT2D eigenvalue weighted by molar-refractivity contribution is 8.00. The first-order chi connectivity index (χ1) is 12.7. The standard InChI is InChI=1S/C20H29N3O2S/c24-19(15-26-18-9-5-2-6-10-18)23-13-11-17(12-14-23)22-20(25)21-16-7-3-1-4-8-16/h2,5-6,9-10,16-17H,1,3-4,7-8,11-15H2,(H2,21,22,25). The molecule has 1 saturated carbocycles. The first-order valence-corrected chi connectivity index (χ1v) is 10.7. The topological polar surface area (TPSA) is 61.4 Å². The maximum Gasteiger partial charge on any atom is 0.315 e. The molecule has 0 aromatic heterocycles. The van der Waals surface area contributed by atoms with Crippen LogP contribution >= 0.6 is 11.8 Å². The molecule has 1 aromatic carbocycles. The Morgan fingerprint density at radius 3 is 2.19 bits per heavy atom. The number of hydrogen-bond acceptors (Lipinski definition) is 3. The smallest absolute Gasteiger partial charge is 0.315 e. The molecule has 142 valence electrons. The number of nitrogens with zero attached hydrogens (tertiary/aromatic N) is 1. The van der Waals surface area contributed by atoms with Crippen LogP contribution < -0.4 is 10.6 Å². The third-order valence-corrected chi connectivity index (χ3v) is 6.23. The Kier molecular flexibility index (Phi) is 7.23. The van der Waals surface area contributed by atoms with Crippen LogP contribution in [0.2, 0.25) is 0 Å². The van der Waals surface area contributed by atoms with E-state index in [2.05, 4.69) is 10.6 Å². The van der Waals surface area contributed by atoms with Crippen molar-refractivity contribution in [2.24, 2.45) is 0 Å². The van der Waals surface area contributed by atoms with Crippen LogP contribution in [0.25, 0.3) is 0 Å². The van der Waals surface area contributed by atoms with Gasteiger partial charge in [-0.2, -0.15) is 0 Å². The van der Waals surface area contributed by atoms with Crippen molar-refractivity contribution < 1.29 is 9.59 Å². The summed E-state index contributed by atoms with van der Waals surface area (Å²) in [6, 6.07) is 10.5. The molecule has 3 rings (SSSR count). The van der Waals surface area contributed by atoms with E-state index in [1.54, 1.807) is 11.8 Å². The van der Waals surface area contributed by atoms with Crippen LogP contribution in [0, 0.1) is 0 Å². The average molecular weight is 376 g/mol. The Bertz CT molecular complexity index is 582. The third kappa shape index (κ3) is 5.94. The van der Waals surface area contributed by atoms with Crippen molar-refractivity contribution in [3.8, 4) is 0 Å². The van der Waals surface area contributed by atoms with Crippen LogP contribution in [0.5, 0.6) is 0 Å². The maximum atomic E-state index is 12.4. The zero-order valence-corrected chi connectivity index (χ0v) is 16.1. The summed E-state index contributed by atoms with van der Waals surface area (Å²) < 4.78 is 0. The second kappa shape index (κ2) is 9.86. The van der Waals surface area contributed by atoms with Gasteiger partial charge in [0.05, 0.1) is 5.75 Å². The first-order valence-electron chi connectivity index (χ1n) is 9.73. The molecule has 1 aromatic rings. The fourth-order valence-electron chi connectivity index (χ4n) is 3.69. The normalized spacial score (nSPS) is 19.2. The Hall–Kier alpha value is -1.69. The number of carbonyl (C=O) groups is 2. The lowest BCUT2D eigenvalue weighted by atomic mass is 9.96. The summed E-state index contributed by atoms with van der Waals surface area (Å²) in [6.07, 6.45) is 7.58. The van der Waals surface area contributed by atoms with Gasteiger partial charge in [0, 0.05) is 30.1 Å². The van der Waals surface area contributed by atoms with Crippen molar-refractivity contribution in [1.82, 2.24) is 15.5 Å². The fraction of sp³-hybridized carbons (Fsp3) is 0.600. The van der Waals surface area contributed by atoms with E-state index in [-0.39, 0.29) is 18.0 Å². The number of benzene rings is 1. The number of carbonyl (C=O) groups excluding carboxylic acids is 2. The van der Waals surface area contributed by atoms with Crippen LogP contribution in [0.3, 0.4) is 0 Å². The van der Waals surface area contributed by atoms with Crippen molar-refractivity contribution in [2.45, 2.75) is 61.9 Å². The van der Waals surface area contributed by atoms with Crippen LogP contribution in [0.4, 0.5) is 4.79 Å². The largest absolute Gasteiger partial charge is 0.342 e. The number of amides is 3. The molecule has 3 amide bonds. The minimum absolute atomic E-state index is 0.0405. The number of nitrogens with one attached hydrogen (secondary N) is 2. The van der Waals surface area contributed by atoms with Gasteiger partial charge in [-0.15, -0.1) is 11.8 Å². The first kappa shape index (κ1) is 19.1. The minimum atomic E-state index is -0.0405. The Labute approximate surface area is 160 Å². The zero-order chi connectivity index (χ0) is 18.2. The SMILES string of the molecule is O=C(NC1CCCCC1)NC1CCN(C(=O)CSc2ccccc2)CC1. The molecule has 5 nitrogen and oxygen atoms in total. The van der Waals surface area contributed by atoms with Gasteiger partial charge in [0.1, 0.15) is 0 Å². The molecule has 2 N–H and O–H groups in total. The van der Waals surface area contributed by atoms with Crippen molar-refractivity contribution >= 4 is 23.7 Å². The molecule has 2 fully saturated rings. The van der Waals surface area contributed by atoms with Gasteiger partial charge in [-0.25, -0.2) is 4.79 Å². The number of urea groups is 1. The Morgan fingerprint density at radius 2 is 1.54 bits per heavy atom. The predicted molar refractivity (Wildman–Crippen MR) is 105 cm³/mol. The van der Waals surface area contributed by atoms with E-state index in [0.29, 0.717) is 11.8 Å². The molecule has 1 saturated heterocycles. The van der Waals surface area contributed by atoms with Gasteiger partial charge in [0.25, 0.3) is 0 Å². The molecule has 0 bridgehead atoms. The van der Waals surface area contributed by atoms with E-state index in [1.807, 2.05) is 35.2 Å². The summed E-state index contributed by atoms with van der Waals surface area (Å²) in [7, 11) is 0. The molecular weight excluding hydrogens is 346 g/mol. The van der Waals surface area contributed by atoms with Crippen LogP contribution in [-0.4, -0.2) is 47.8 Å². The molecule has 0 atom stereocenters. The van der Waals surface area contributed by atoms with Crippen LogP contribution in [-0.2, 0) is 4.79 Å². The molecular formula is C20H29N3O2S. The molecule has 26 heavy (non-hydrogen) atoms. The van der Waals surface area contributed by atoms with Gasteiger partial charge in [-0.05, 0) is 37.8 Å². The van der Waals surface area contributed by atoms with Crippen molar-refractivity contribution in [3.63, 3.8) is 0 Å². The second-order valence-electron chi connectivity index (χ2n) is 7.21.